The summed E-state index contributed by atoms with van der Waals surface area (Å²) in [5.74, 6) is 0.00945. The van der Waals surface area contributed by atoms with Crippen LogP contribution in [-0.2, 0) is 22.0 Å². The molecule has 2 aromatic rings. The lowest BCUT2D eigenvalue weighted by Crippen LogP contribution is -2.43. The van der Waals surface area contributed by atoms with Crippen LogP contribution in [0.25, 0.3) is 10.9 Å². The van der Waals surface area contributed by atoms with Gasteiger partial charge in [-0.15, -0.1) is 0 Å². The number of carbonyl (C=O) groups is 2. The van der Waals surface area contributed by atoms with E-state index in [1.807, 2.05) is 33.0 Å². The van der Waals surface area contributed by atoms with E-state index in [-0.39, 0.29) is 36.3 Å². The second kappa shape index (κ2) is 6.21. The number of cyclic esters (lactones) is 1. The zero-order valence-electron chi connectivity index (χ0n) is 15.6. The molecule has 2 heterocycles. The first-order chi connectivity index (χ1) is 11.7. The first-order valence-corrected chi connectivity index (χ1v) is 8.75. The summed E-state index contributed by atoms with van der Waals surface area (Å²) >= 11 is 0. The van der Waals surface area contributed by atoms with E-state index in [2.05, 4.69) is 36.7 Å². The fraction of sp³-hybridized carbons (Fsp3) is 0.500. The van der Waals surface area contributed by atoms with E-state index in [0.717, 1.165) is 16.5 Å². The van der Waals surface area contributed by atoms with Crippen molar-refractivity contribution >= 4 is 22.9 Å². The van der Waals surface area contributed by atoms with Crippen molar-refractivity contribution in [3.05, 3.63) is 36.0 Å². The van der Waals surface area contributed by atoms with Crippen LogP contribution in [0.1, 0.15) is 39.7 Å². The Balaban J connectivity index is 1.90. The van der Waals surface area contributed by atoms with Crippen LogP contribution in [0.15, 0.2) is 30.5 Å². The summed E-state index contributed by atoms with van der Waals surface area (Å²) < 4.78 is 7.20. The smallest absolute Gasteiger partial charge is 0.416 e. The van der Waals surface area contributed by atoms with Crippen molar-refractivity contribution in [2.75, 3.05) is 6.61 Å². The quantitative estimate of drug-likeness (QED) is 0.848. The highest BCUT2D eigenvalue weighted by molar-refractivity contribution is 5.95. The van der Waals surface area contributed by atoms with Crippen LogP contribution in [0.3, 0.4) is 0 Å². The number of benzene rings is 1. The summed E-state index contributed by atoms with van der Waals surface area (Å²) in [5, 5.41) is 1.15. The van der Waals surface area contributed by atoms with Crippen molar-refractivity contribution in [3.63, 3.8) is 0 Å². The summed E-state index contributed by atoms with van der Waals surface area (Å²) in [6, 6.07) is 8.00. The number of aromatic nitrogens is 1. The highest BCUT2D eigenvalue weighted by Crippen LogP contribution is 2.35. The number of ether oxygens (including phenoxy) is 1. The van der Waals surface area contributed by atoms with Crippen LogP contribution in [-0.4, -0.2) is 34.1 Å². The Bertz CT molecular complexity index is 819. The zero-order chi connectivity index (χ0) is 18.4. The fourth-order valence-electron chi connectivity index (χ4n) is 3.65. The number of amides is 2. The number of para-hydroxylation sites is 1. The molecular weight excluding hydrogens is 316 g/mol. The van der Waals surface area contributed by atoms with Crippen molar-refractivity contribution in [3.8, 4) is 0 Å². The Morgan fingerprint density at radius 1 is 1.32 bits per heavy atom. The third-order valence-corrected chi connectivity index (χ3v) is 5.16. The Morgan fingerprint density at radius 3 is 2.68 bits per heavy atom. The molecule has 1 fully saturated rings. The highest BCUT2D eigenvalue weighted by atomic mass is 16.6. The number of hydrogen-bond acceptors (Lipinski definition) is 3. The van der Waals surface area contributed by atoms with Gasteiger partial charge < -0.3 is 9.30 Å². The minimum Gasteiger partial charge on any atom is -0.447 e. The molecule has 5 nitrogen and oxygen atoms in total. The van der Waals surface area contributed by atoms with Crippen molar-refractivity contribution < 1.29 is 14.3 Å². The van der Waals surface area contributed by atoms with E-state index in [1.165, 1.54) is 4.90 Å². The van der Waals surface area contributed by atoms with Gasteiger partial charge in [0, 0.05) is 36.0 Å². The molecule has 1 aromatic carbocycles. The molecule has 134 valence electrons. The maximum absolute atomic E-state index is 12.9. The largest absolute Gasteiger partial charge is 0.447 e. The predicted molar refractivity (Wildman–Crippen MR) is 97.4 cm³/mol. The van der Waals surface area contributed by atoms with Gasteiger partial charge in [-0.25, -0.2) is 9.69 Å². The summed E-state index contributed by atoms with van der Waals surface area (Å²) in [6.45, 7) is 8.40. The van der Waals surface area contributed by atoms with E-state index in [9.17, 15) is 9.59 Å². The maximum atomic E-state index is 12.9. The van der Waals surface area contributed by atoms with Crippen LogP contribution in [0.2, 0.25) is 0 Å². The second-order valence-electron chi connectivity index (χ2n) is 7.88. The molecule has 1 saturated heterocycles. The summed E-state index contributed by atoms with van der Waals surface area (Å²) in [7, 11) is 2.01. The van der Waals surface area contributed by atoms with Gasteiger partial charge in [0.2, 0.25) is 5.91 Å². The van der Waals surface area contributed by atoms with Crippen molar-refractivity contribution in [2.24, 2.45) is 13.0 Å². The summed E-state index contributed by atoms with van der Waals surface area (Å²) in [6.07, 6.45) is 1.83. The van der Waals surface area contributed by atoms with Crippen molar-refractivity contribution in [1.82, 2.24) is 9.47 Å². The molecule has 0 aliphatic carbocycles. The molecule has 0 bridgehead atoms. The van der Waals surface area contributed by atoms with Gasteiger partial charge in [-0.05, 0) is 17.5 Å². The predicted octanol–water partition coefficient (Wildman–Crippen LogP) is 3.85. The van der Waals surface area contributed by atoms with E-state index in [4.69, 9.17) is 4.74 Å². The van der Waals surface area contributed by atoms with Gasteiger partial charge in [0.05, 0.1) is 6.04 Å². The molecule has 3 rings (SSSR count). The Hall–Kier alpha value is -2.30. The lowest BCUT2D eigenvalue weighted by Gasteiger charge is -2.28. The lowest BCUT2D eigenvalue weighted by molar-refractivity contribution is -0.130. The number of carbonyl (C=O) groups excluding carboxylic acids is 2. The van der Waals surface area contributed by atoms with E-state index < -0.39 is 6.09 Å². The standard InChI is InChI=1S/C20H26N2O3/c1-13(2)17-12-25-19(24)22(17)18(23)10-20(3,4)15-11-21(5)16-9-7-6-8-14(15)16/h6-9,11,13,17H,10,12H2,1-5H3/t17-/m1/s1. The third-order valence-electron chi connectivity index (χ3n) is 5.16. The average Bonchev–Trinajstić information content (AvgIpc) is 3.09. The molecule has 0 spiro atoms. The van der Waals surface area contributed by atoms with Gasteiger partial charge in [0.1, 0.15) is 6.61 Å². The fourth-order valence-corrected chi connectivity index (χ4v) is 3.65. The number of hydrogen-bond donors (Lipinski definition) is 0. The van der Waals surface area contributed by atoms with E-state index >= 15 is 0 Å². The number of aryl methyl sites for hydroxylation is 1. The van der Waals surface area contributed by atoms with Crippen molar-refractivity contribution in [2.45, 2.75) is 45.6 Å². The molecule has 2 amide bonds. The first-order valence-electron chi connectivity index (χ1n) is 8.75. The van der Waals surface area contributed by atoms with Crippen LogP contribution >= 0.6 is 0 Å². The monoisotopic (exact) mass is 342 g/mol. The molecule has 1 aromatic heterocycles. The SMILES string of the molecule is CC(C)[C@H]1COC(=O)N1C(=O)CC(C)(C)c1cn(C)c2ccccc12. The summed E-state index contributed by atoms with van der Waals surface area (Å²) in [4.78, 5) is 26.3. The molecule has 0 radical (unpaired) electrons. The summed E-state index contributed by atoms with van der Waals surface area (Å²) in [5.41, 5.74) is 1.87. The number of imide groups is 1. The normalized spacial score (nSPS) is 18.2. The maximum Gasteiger partial charge on any atom is 0.416 e. The van der Waals surface area contributed by atoms with Crippen LogP contribution in [0.5, 0.6) is 0 Å². The van der Waals surface area contributed by atoms with Crippen LogP contribution < -0.4 is 0 Å². The lowest BCUT2D eigenvalue weighted by atomic mass is 9.80. The highest BCUT2D eigenvalue weighted by Gasteiger charge is 2.41. The minimum atomic E-state index is -0.516. The van der Waals surface area contributed by atoms with E-state index in [0.29, 0.717) is 0 Å². The van der Waals surface area contributed by atoms with Gasteiger partial charge in [-0.1, -0.05) is 45.9 Å². The molecule has 0 unspecified atom stereocenters. The van der Waals surface area contributed by atoms with Gasteiger partial charge in [-0.3, -0.25) is 4.79 Å². The van der Waals surface area contributed by atoms with Crippen LogP contribution in [0, 0.1) is 5.92 Å². The molecular formula is C20H26N2O3. The van der Waals surface area contributed by atoms with Gasteiger partial charge >= 0.3 is 6.09 Å². The van der Waals surface area contributed by atoms with Gasteiger partial charge in [0.15, 0.2) is 0 Å². The Kier molecular flexibility index (Phi) is 4.35. The van der Waals surface area contributed by atoms with Crippen molar-refractivity contribution in [1.29, 1.82) is 0 Å². The molecule has 0 saturated carbocycles. The Labute approximate surface area is 148 Å². The van der Waals surface area contributed by atoms with E-state index in [1.54, 1.807) is 0 Å². The molecule has 1 atom stereocenters. The number of fused-ring (bicyclic) bond motifs is 1. The molecule has 1 aliphatic heterocycles. The molecule has 5 heteroatoms. The van der Waals surface area contributed by atoms with Gasteiger partial charge in [0.25, 0.3) is 0 Å². The number of rotatable bonds is 4. The molecule has 1 aliphatic rings. The zero-order valence-corrected chi connectivity index (χ0v) is 15.6. The second-order valence-corrected chi connectivity index (χ2v) is 7.88. The van der Waals surface area contributed by atoms with Crippen LogP contribution in [0.4, 0.5) is 4.79 Å². The molecule has 0 N–H and O–H groups in total. The van der Waals surface area contributed by atoms with Gasteiger partial charge in [-0.2, -0.15) is 0 Å². The first kappa shape index (κ1) is 17.5. The Morgan fingerprint density at radius 2 is 2.00 bits per heavy atom. The number of nitrogens with zero attached hydrogens (tertiary/aromatic N) is 2. The topological polar surface area (TPSA) is 51.5 Å². The third kappa shape index (κ3) is 3.03. The minimum absolute atomic E-state index is 0.167. The average molecular weight is 342 g/mol. The molecule has 25 heavy (non-hydrogen) atoms.